The van der Waals surface area contributed by atoms with Crippen molar-refractivity contribution in [3.05, 3.63) is 0 Å². The van der Waals surface area contributed by atoms with Crippen molar-refractivity contribution in [3.63, 3.8) is 0 Å². The van der Waals surface area contributed by atoms with E-state index in [-0.39, 0.29) is 17.9 Å². The first-order valence-electron chi connectivity index (χ1n) is 7.10. The summed E-state index contributed by atoms with van der Waals surface area (Å²) in [5.41, 5.74) is 0. The molecule has 5 heteroatoms. The Hall–Kier alpha value is -0.710. The molecular formula is C14H25NO3S. The molecule has 0 aromatic carbocycles. The molecule has 1 saturated carbocycles. The average Bonchev–Trinajstić information content (AvgIpc) is 2.80. The van der Waals surface area contributed by atoms with E-state index in [9.17, 15) is 14.7 Å². The number of hydrogen-bond acceptors (Lipinski definition) is 3. The van der Waals surface area contributed by atoms with Gasteiger partial charge in [-0.3, -0.25) is 9.59 Å². The Bertz CT molecular complexity index is 322. The van der Waals surface area contributed by atoms with Gasteiger partial charge in [0.1, 0.15) is 0 Å². The molecule has 1 aliphatic carbocycles. The zero-order valence-corrected chi connectivity index (χ0v) is 12.8. The molecule has 1 amide bonds. The van der Waals surface area contributed by atoms with Gasteiger partial charge < -0.3 is 10.4 Å². The second-order valence-corrected chi connectivity index (χ2v) is 6.68. The molecule has 1 fully saturated rings. The second-order valence-electron chi connectivity index (χ2n) is 5.37. The molecule has 4 atom stereocenters. The van der Waals surface area contributed by atoms with Crippen LogP contribution in [0, 0.1) is 17.8 Å². The number of aliphatic carboxylic acids is 1. The number of carbonyl (C=O) groups excluding carboxylic acids is 1. The molecule has 0 spiro atoms. The SMILES string of the molecule is CCSCC(C)NC(=O)C1CC(CC)CC1C(=O)O. The molecule has 0 heterocycles. The number of thioether (sulfide) groups is 1. The number of amides is 1. The first kappa shape index (κ1) is 16.3. The van der Waals surface area contributed by atoms with Crippen LogP contribution in [0.1, 0.15) is 40.0 Å². The van der Waals surface area contributed by atoms with Crippen LogP contribution < -0.4 is 5.32 Å². The highest BCUT2D eigenvalue weighted by molar-refractivity contribution is 7.99. The Morgan fingerprint density at radius 1 is 1.32 bits per heavy atom. The highest BCUT2D eigenvalue weighted by atomic mass is 32.2. The second kappa shape index (κ2) is 7.78. The summed E-state index contributed by atoms with van der Waals surface area (Å²) in [6.45, 7) is 6.12. The van der Waals surface area contributed by atoms with Crippen LogP contribution in [-0.2, 0) is 9.59 Å². The molecule has 4 nitrogen and oxygen atoms in total. The van der Waals surface area contributed by atoms with Gasteiger partial charge in [-0.15, -0.1) is 0 Å². The predicted molar refractivity (Wildman–Crippen MR) is 78.2 cm³/mol. The van der Waals surface area contributed by atoms with Crippen LogP contribution in [0.4, 0.5) is 0 Å². The zero-order chi connectivity index (χ0) is 14.4. The van der Waals surface area contributed by atoms with E-state index in [0.29, 0.717) is 18.8 Å². The maximum atomic E-state index is 12.2. The summed E-state index contributed by atoms with van der Waals surface area (Å²) in [6.07, 6.45) is 2.31. The predicted octanol–water partition coefficient (Wildman–Crippen LogP) is 2.38. The fraction of sp³-hybridized carbons (Fsp3) is 0.857. The Kier molecular flexibility index (Phi) is 6.69. The van der Waals surface area contributed by atoms with Gasteiger partial charge in [-0.25, -0.2) is 0 Å². The topological polar surface area (TPSA) is 66.4 Å². The number of carboxylic acids is 1. The maximum Gasteiger partial charge on any atom is 0.307 e. The number of hydrogen-bond donors (Lipinski definition) is 2. The summed E-state index contributed by atoms with van der Waals surface area (Å²) in [7, 11) is 0. The van der Waals surface area contributed by atoms with Crippen molar-refractivity contribution in [2.24, 2.45) is 17.8 Å². The van der Waals surface area contributed by atoms with E-state index in [1.54, 1.807) is 11.8 Å². The van der Waals surface area contributed by atoms with Gasteiger partial charge in [-0.1, -0.05) is 20.3 Å². The fourth-order valence-electron chi connectivity index (χ4n) is 2.73. The highest BCUT2D eigenvalue weighted by Crippen LogP contribution is 2.38. The third-order valence-electron chi connectivity index (χ3n) is 3.85. The average molecular weight is 287 g/mol. The van der Waals surface area contributed by atoms with Crippen molar-refractivity contribution in [2.45, 2.75) is 46.1 Å². The van der Waals surface area contributed by atoms with Crippen LogP contribution in [0.2, 0.25) is 0 Å². The van der Waals surface area contributed by atoms with E-state index in [2.05, 4.69) is 19.2 Å². The van der Waals surface area contributed by atoms with E-state index < -0.39 is 11.9 Å². The van der Waals surface area contributed by atoms with E-state index in [4.69, 9.17) is 0 Å². The third-order valence-corrected chi connectivity index (χ3v) is 5.00. The van der Waals surface area contributed by atoms with E-state index in [1.165, 1.54) is 0 Å². The zero-order valence-electron chi connectivity index (χ0n) is 12.0. The smallest absolute Gasteiger partial charge is 0.307 e. The van der Waals surface area contributed by atoms with Gasteiger partial charge in [0, 0.05) is 11.8 Å². The van der Waals surface area contributed by atoms with Gasteiger partial charge in [-0.2, -0.15) is 11.8 Å². The summed E-state index contributed by atoms with van der Waals surface area (Å²) >= 11 is 1.78. The summed E-state index contributed by atoms with van der Waals surface area (Å²) in [5, 5.41) is 12.2. The van der Waals surface area contributed by atoms with Gasteiger partial charge in [-0.05, 0) is 31.4 Å². The molecule has 2 N–H and O–H groups in total. The van der Waals surface area contributed by atoms with Crippen LogP contribution in [0.5, 0.6) is 0 Å². The minimum atomic E-state index is -0.827. The van der Waals surface area contributed by atoms with Crippen molar-refractivity contribution in [2.75, 3.05) is 11.5 Å². The number of rotatable bonds is 7. The molecule has 4 unspecified atom stereocenters. The van der Waals surface area contributed by atoms with Crippen molar-refractivity contribution >= 4 is 23.6 Å². The molecule has 1 rings (SSSR count). The lowest BCUT2D eigenvalue weighted by molar-refractivity contribution is -0.146. The maximum absolute atomic E-state index is 12.2. The molecule has 0 saturated heterocycles. The molecule has 110 valence electrons. The van der Waals surface area contributed by atoms with Gasteiger partial charge in [0.25, 0.3) is 0 Å². The number of carbonyl (C=O) groups is 2. The summed E-state index contributed by atoms with van der Waals surface area (Å²) in [6, 6.07) is 0.104. The largest absolute Gasteiger partial charge is 0.481 e. The molecule has 1 aliphatic rings. The lowest BCUT2D eigenvalue weighted by Crippen LogP contribution is -2.41. The van der Waals surface area contributed by atoms with Crippen LogP contribution in [-0.4, -0.2) is 34.5 Å². The van der Waals surface area contributed by atoms with Gasteiger partial charge in [0.2, 0.25) is 5.91 Å². The first-order valence-corrected chi connectivity index (χ1v) is 8.25. The summed E-state index contributed by atoms with van der Waals surface area (Å²) in [4.78, 5) is 23.5. The van der Waals surface area contributed by atoms with Crippen LogP contribution in [0.15, 0.2) is 0 Å². The minimum absolute atomic E-state index is 0.0763. The van der Waals surface area contributed by atoms with Crippen LogP contribution in [0.3, 0.4) is 0 Å². The number of carboxylic acid groups (broad SMARTS) is 1. The van der Waals surface area contributed by atoms with Crippen molar-refractivity contribution in [1.82, 2.24) is 5.32 Å². The minimum Gasteiger partial charge on any atom is -0.481 e. The quantitative estimate of drug-likeness (QED) is 0.754. The molecular weight excluding hydrogens is 262 g/mol. The Labute approximate surface area is 119 Å². The Morgan fingerprint density at radius 3 is 2.47 bits per heavy atom. The van der Waals surface area contributed by atoms with Gasteiger partial charge >= 0.3 is 5.97 Å². The van der Waals surface area contributed by atoms with E-state index in [0.717, 1.165) is 17.9 Å². The molecule has 0 radical (unpaired) electrons. The highest BCUT2D eigenvalue weighted by Gasteiger charge is 2.42. The van der Waals surface area contributed by atoms with Crippen molar-refractivity contribution in [3.8, 4) is 0 Å². The monoisotopic (exact) mass is 287 g/mol. The first-order chi connectivity index (χ1) is 8.99. The van der Waals surface area contributed by atoms with E-state index in [1.807, 2.05) is 6.92 Å². The number of nitrogens with one attached hydrogen (secondary N) is 1. The fourth-order valence-corrected chi connectivity index (χ4v) is 3.40. The van der Waals surface area contributed by atoms with Crippen molar-refractivity contribution < 1.29 is 14.7 Å². The van der Waals surface area contributed by atoms with Crippen LogP contribution >= 0.6 is 11.8 Å². The normalized spacial score (nSPS) is 28.1. The van der Waals surface area contributed by atoms with Crippen LogP contribution in [0.25, 0.3) is 0 Å². The molecule has 0 aromatic rings. The van der Waals surface area contributed by atoms with Gasteiger partial charge in [0.15, 0.2) is 0 Å². The lowest BCUT2D eigenvalue weighted by Gasteiger charge is -2.19. The summed E-state index contributed by atoms with van der Waals surface area (Å²) < 4.78 is 0. The van der Waals surface area contributed by atoms with Crippen molar-refractivity contribution in [1.29, 1.82) is 0 Å². The van der Waals surface area contributed by atoms with E-state index >= 15 is 0 Å². The molecule has 0 bridgehead atoms. The Balaban J connectivity index is 2.56. The molecule has 0 aromatic heterocycles. The third kappa shape index (κ3) is 4.71. The standard InChI is InChI=1S/C14H25NO3S/c1-4-10-6-11(12(7-10)14(17)18)13(16)15-9(3)8-19-5-2/h9-12H,4-8H2,1-3H3,(H,15,16)(H,17,18). The summed E-state index contributed by atoms with van der Waals surface area (Å²) in [5.74, 6) is 0.521. The molecule has 19 heavy (non-hydrogen) atoms. The molecule has 0 aliphatic heterocycles. The lowest BCUT2D eigenvalue weighted by atomic mass is 9.95. The van der Waals surface area contributed by atoms with Gasteiger partial charge in [0.05, 0.1) is 11.8 Å². The Morgan fingerprint density at radius 2 is 1.95 bits per heavy atom.